The number of hydrogen-bond donors (Lipinski definition) is 1. The highest BCUT2D eigenvalue weighted by atomic mass is 35.5. The monoisotopic (exact) mass is 447 g/mol. The van der Waals surface area contributed by atoms with Gasteiger partial charge in [-0.2, -0.15) is 0 Å². The second-order valence-corrected chi connectivity index (χ2v) is 8.45. The van der Waals surface area contributed by atoms with Crippen molar-refractivity contribution in [3.8, 4) is 45.3 Å². The van der Waals surface area contributed by atoms with Crippen molar-refractivity contribution in [1.82, 2.24) is 0 Å². The zero-order valence-corrected chi connectivity index (χ0v) is 17.7. The molecule has 3 aromatic carbocycles. The first-order valence-electron chi connectivity index (χ1n) is 8.80. The van der Waals surface area contributed by atoms with Crippen LogP contribution in [0.2, 0.25) is 5.02 Å². The molecule has 0 saturated heterocycles. The van der Waals surface area contributed by atoms with Crippen LogP contribution in [0.1, 0.15) is 0 Å². The maximum Gasteiger partial charge on any atom is 0.238 e. The summed E-state index contributed by atoms with van der Waals surface area (Å²) < 4.78 is 45.1. The van der Waals surface area contributed by atoms with Crippen LogP contribution in [0.4, 0.5) is 0 Å². The van der Waals surface area contributed by atoms with Gasteiger partial charge in [-0.25, -0.2) is 13.6 Å². The third-order valence-electron chi connectivity index (χ3n) is 4.76. The van der Waals surface area contributed by atoms with Crippen molar-refractivity contribution in [2.45, 2.75) is 4.90 Å². The van der Waals surface area contributed by atoms with Crippen molar-refractivity contribution in [1.29, 1.82) is 0 Å². The molecule has 30 heavy (non-hydrogen) atoms. The summed E-state index contributed by atoms with van der Waals surface area (Å²) >= 11 is 6.32. The second-order valence-electron chi connectivity index (χ2n) is 6.52. The summed E-state index contributed by atoms with van der Waals surface area (Å²) in [7, 11) is -0.739. The highest BCUT2D eigenvalue weighted by Crippen LogP contribution is 2.46. The molecule has 0 radical (unpaired) electrons. The Kier molecular flexibility index (Phi) is 5.23. The Morgan fingerprint density at radius 3 is 1.83 bits per heavy atom. The van der Waals surface area contributed by atoms with Gasteiger partial charge in [0.25, 0.3) is 0 Å². The molecule has 0 saturated carbocycles. The van der Waals surface area contributed by atoms with Gasteiger partial charge in [-0.1, -0.05) is 23.7 Å². The topological polar surface area (TPSA) is 97.1 Å². The molecule has 0 aromatic heterocycles. The van der Waals surface area contributed by atoms with Gasteiger partial charge in [-0.15, -0.1) is 0 Å². The number of rotatable bonds is 5. The van der Waals surface area contributed by atoms with Crippen LogP contribution in [0, 0.1) is 0 Å². The molecule has 0 spiro atoms. The molecule has 0 bridgehead atoms. The maximum atomic E-state index is 11.6. The Morgan fingerprint density at radius 2 is 1.37 bits per heavy atom. The van der Waals surface area contributed by atoms with E-state index in [9.17, 15) is 8.42 Å². The molecule has 4 rings (SSSR count). The van der Waals surface area contributed by atoms with E-state index in [4.69, 9.17) is 35.7 Å². The normalized spacial score (nSPS) is 12.7. The minimum atomic E-state index is -3.79. The van der Waals surface area contributed by atoms with Crippen LogP contribution < -0.4 is 24.1 Å². The van der Waals surface area contributed by atoms with Gasteiger partial charge < -0.3 is 18.9 Å². The van der Waals surface area contributed by atoms with Crippen molar-refractivity contribution < 1.29 is 27.4 Å². The zero-order valence-electron chi connectivity index (χ0n) is 16.1. The summed E-state index contributed by atoms with van der Waals surface area (Å²) in [5.41, 5.74) is 3.14. The van der Waals surface area contributed by atoms with E-state index in [2.05, 4.69) is 0 Å². The fraction of sp³-hybridized carbons (Fsp3) is 0.143. The van der Waals surface area contributed by atoms with Crippen molar-refractivity contribution in [2.24, 2.45) is 5.14 Å². The van der Waals surface area contributed by atoms with E-state index >= 15 is 0 Å². The lowest BCUT2D eigenvalue weighted by Gasteiger charge is -2.15. The molecule has 0 fully saturated rings. The number of benzene rings is 3. The molecule has 156 valence electrons. The van der Waals surface area contributed by atoms with Crippen molar-refractivity contribution in [2.75, 3.05) is 21.0 Å². The molecule has 0 aliphatic carbocycles. The van der Waals surface area contributed by atoms with Crippen LogP contribution >= 0.6 is 11.6 Å². The molecular formula is C21H18ClNO6S. The minimum absolute atomic E-state index is 0.0309. The Labute approximate surface area is 178 Å². The number of fused-ring (bicyclic) bond motifs is 1. The van der Waals surface area contributed by atoms with Crippen LogP contribution in [0.15, 0.2) is 53.4 Å². The lowest BCUT2D eigenvalue weighted by atomic mass is 9.93. The highest BCUT2D eigenvalue weighted by Gasteiger charge is 2.21. The minimum Gasteiger partial charge on any atom is -0.495 e. The maximum absolute atomic E-state index is 11.6. The molecular weight excluding hydrogens is 430 g/mol. The van der Waals surface area contributed by atoms with Gasteiger partial charge in [-0.05, 0) is 58.7 Å². The standard InChI is InChI=1S/C21H18ClNO6S/c1-26-19-7-13(8-20(27-2)21(19)22)16-10-18-17(28-11-29-18)9-15(16)12-3-5-14(6-4-12)30(23,24)25/h3-10H,11H2,1-2H3,(H2,23,24,25). The lowest BCUT2D eigenvalue weighted by Crippen LogP contribution is -2.11. The Hall–Kier alpha value is -2.94. The van der Waals surface area contributed by atoms with E-state index in [0.717, 1.165) is 22.3 Å². The van der Waals surface area contributed by atoms with Crippen LogP contribution in [0.5, 0.6) is 23.0 Å². The summed E-state index contributed by atoms with van der Waals surface area (Å²) in [5, 5.41) is 5.58. The zero-order chi connectivity index (χ0) is 21.5. The fourth-order valence-electron chi connectivity index (χ4n) is 3.27. The summed E-state index contributed by atoms with van der Waals surface area (Å²) in [4.78, 5) is 0.0309. The van der Waals surface area contributed by atoms with E-state index in [0.29, 0.717) is 28.0 Å². The smallest absolute Gasteiger partial charge is 0.238 e. The summed E-state index contributed by atoms with van der Waals surface area (Å²) in [6, 6.07) is 13.6. The molecule has 0 atom stereocenters. The average Bonchev–Trinajstić information content (AvgIpc) is 3.20. The number of sulfonamides is 1. The number of ether oxygens (including phenoxy) is 4. The molecule has 9 heteroatoms. The van der Waals surface area contributed by atoms with E-state index in [1.165, 1.54) is 26.4 Å². The van der Waals surface area contributed by atoms with Gasteiger partial charge in [0.2, 0.25) is 16.8 Å². The van der Waals surface area contributed by atoms with E-state index in [1.54, 1.807) is 24.3 Å². The van der Waals surface area contributed by atoms with Gasteiger partial charge in [0, 0.05) is 0 Å². The summed E-state index contributed by atoms with van der Waals surface area (Å²) in [6.45, 7) is 0.121. The molecule has 0 amide bonds. The first-order valence-corrected chi connectivity index (χ1v) is 10.7. The summed E-state index contributed by atoms with van der Waals surface area (Å²) in [6.07, 6.45) is 0. The first kappa shape index (κ1) is 20.3. The predicted molar refractivity (Wildman–Crippen MR) is 113 cm³/mol. The Balaban J connectivity index is 1.93. The number of halogens is 1. The molecule has 1 heterocycles. The second kappa shape index (κ2) is 7.71. The molecule has 3 aromatic rings. The van der Waals surface area contributed by atoms with Gasteiger partial charge in [0.05, 0.1) is 19.1 Å². The largest absolute Gasteiger partial charge is 0.495 e. The predicted octanol–water partition coefficient (Wildman–Crippen LogP) is 4.07. The molecule has 1 aliphatic rings. The molecule has 0 unspecified atom stereocenters. The Morgan fingerprint density at radius 1 is 0.867 bits per heavy atom. The van der Waals surface area contributed by atoms with Crippen LogP contribution in [0.3, 0.4) is 0 Å². The fourth-order valence-corrected chi connectivity index (χ4v) is 4.05. The van der Waals surface area contributed by atoms with Crippen molar-refractivity contribution >= 4 is 21.6 Å². The van der Waals surface area contributed by atoms with Gasteiger partial charge >= 0.3 is 0 Å². The van der Waals surface area contributed by atoms with Crippen LogP contribution in [-0.4, -0.2) is 29.4 Å². The van der Waals surface area contributed by atoms with E-state index < -0.39 is 10.0 Å². The Bertz CT molecular complexity index is 1200. The number of primary sulfonamides is 1. The third kappa shape index (κ3) is 3.65. The summed E-state index contributed by atoms with van der Waals surface area (Å²) in [5.74, 6) is 2.11. The van der Waals surface area contributed by atoms with Gasteiger partial charge in [0.1, 0.15) is 16.5 Å². The van der Waals surface area contributed by atoms with Crippen LogP contribution in [-0.2, 0) is 10.0 Å². The van der Waals surface area contributed by atoms with Crippen molar-refractivity contribution in [3.05, 3.63) is 53.6 Å². The number of hydrogen-bond acceptors (Lipinski definition) is 6. The van der Waals surface area contributed by atoms with E-state index in [1.807, 2.05) is 12.1 Å². The number of nitrogens with two attached hydrogens (primary N) is 1. The number of methoxy groups -OCH3 is 2. The SMILES string of the molecule is COc1cc(-c2cc3c(cc2-c2ccc(S(N)(=O)=O)cc2)OCO3)cc(OC)c1Cl. The first-order chi connectivity index (χ1) is 14.3. The quantitative estimate of drug-likeness (QED) is 0.633. The van der Waals surface area contributed by atoms with Crippen LogP contribution in [0.25, 0.3) is 22.3 Å². The molecule has 2 N–H and O–H groups in total. The van der Waals surface area contributed by atoms with Crippen molar-refractivity contribution in [3.63, 3.8) is 0 Å². The molecule has 1 aliphatic heterocycles. The lowest BCUT2D eigenvalue weighted by molar-refractivity contribution is 0.174. The highest BCUT2D eigenvalue weighted by molar-refractivity contribution is 7.89. The van der Waals surface area contributed by atoms with E-state index in [-0.39, 0.29) is 11.7 Å². The van der Waals surface area contributed by atoms with Gasteiger partial charge in [-0.3, -0.25) is 0 Å². The average molecular weight is 448 g/mol. The third-order valence-corrected chi connectivity index (χ3v) is 6.07. The van der Waals surface area contributed by atoms with Gasteiger partial charge in [0.15, 0.2) is 11.5 Å². The molecule has 7 nitrogen and oxygen atoms in total.